The lowest BCUT2D eigenvalue weighted by atomic mass is 9.97. The maximum atomic E-state index is 13.1. The second-order valence-electron chi connectivity index (χ2n) is 7.22. The quantitative estimate of drug-likeness (QED) is 0.682. The lowest BCUT2D eigenvalue weighted by Gasteiger charge is -2.25. The fourth-order valence-electron chi connectivity index (χ4n) is 3.43. The van der Waals surface area contributed by atoms with E-state index in [4.69, 9.17) is 14.2 Å². The lowest BCUT2D eigenvalue weighted by Crippen LogP contribution is -2.38. The first kappa shape index (κ1) is 22.1. The van der Waals surface area contributed by atoms with E-state index >= 15 is 0 Å². The number of hydrogen-bond acceptors (Lipinski definition) is 6. The van der Waals surface area contributed by atoms with Gasteiger partial charge in [-0.1, -0.05) is 0 Å². The maximum Gasteiger partial charge on any atom is 0.262 e. The molecule has 3 rings (SSSR count). The van der Waals surface area contributed by atoms with Crippen LogP contribution in [0.3, 0.4) is 0 Å². The van der Waals surface area contributed by atoms with Gasteiger partial charge >= 0.3 is 0 Å². The third kappa shape index (κ3) is 4.79. The van der Waals surface area contributed by atoms with E-state index < -0.39 is 6.04 Å². The van der Waals surface area contributed by atoms with E-state index in [1.807, 2.05) is 36.4 Å². The molecule has 31 heavy (non-hydrogen) atoms. The highest BCUT2D eigenvalue weighted by Crippen LogP contribution is 2.39. The minimum atomic E-state index is -0.394. The van der Waals surface area contributed by atoms with E-state index in [1.54, 1.807) is 34.4 Å². The summed E-state index contributed by atoms with van der Waals surface area (Å²) in [5, 5.41) is 6.08. The molecule has 0 spiro atoms. The molecule has 1 aliphatic rings. The van der Waals surface area contributed by atoms with Crippen LogP contribution < -0.4 is 14.2 Å². The number of likely N-dealkylation sites (N-methyl/N-ethyl adjacent to an activating group) is 1. The van der Waals surface area contributed by atoms with Crippen molar-refractivity contribution in [2.45, 2.75) is 19.4 Å². The molecule has 1 heterocycles. The van der Waals surface area contributed by atoms with E-state index in [1.165, 1.54) is 16.8 Å². The molecule has 8 heteroatoms. The van der Waals surface area contributed by atoms with Crippen molar-refractivity contribution in [2.24, 2.45) is 5.10 Å². The molecule has 0 saturated carbocycles. The van der Waals surface area contributed by atoms with Gasteiger partial charge in [-0.05, 0) is 48.0 Å². The molecule has 0 fully saturated rings. The van der Waals surface area contributed by atoms with E-state index in [0.29, 0.717) is 17.9 Å². The number of nitrogens with zero attached hydrogens (tertiary/aromatic N) is 3. The van der Waals surface area contributed by atoms with Crippen LogP contribution in [-0.4, -0.2) is 62.4 Å². The molecule has 0 N–H and O–H groups in total. The zero-order chi connectivity index (χ0) is 22.5. The Morgan fingerprint density at radius 1 is 1.03 bits per heavy atom. The van der Waals surface area contributed by atoms with Gasteiger partial charge in [0.05, 0.1) is 33.1 Å². The Bertz CT molecular complexity index is 987. The van der Waals surface area contributed by atoms with Crippen molar-refractivity contribution in [3.05, 3.63) is 53.6 Å². The van der Waals surface area contributed by atoms with Gasteiger partial charge in [-0.3, -0.25) is 9.59 Å². The topological polar surface area (TPSA) is 80.7 Å². The minimum Gasteiger partial charge on any atom is -0.497 e. The summed E-state index contributed by atoms with van der Waals surface area (Å²) < 4.78 is 16.2. The Labute approximate surface area is 182 Å². The van der Waals surface area contributed by atoms with Gasteiger partial charge in [0, 0.05) is 26.0 Å². The predicted octanol–water partition coefficient (Wildman–Crippen LogP) is 2.87. The molecule has 2 amide bonds. The first-order chi connectivity index (χ1) is 14.9. The van der Waals surface area contributed by atoms with Gasteiger partial charge in [0.2, 0.25) is 5.91 Å². The summed E-state index contributed by atoms with van der Waals surface area (Å²) in [4.78, 5) is 26.1. The van der Waals surface area contributed by atoms with Crippen LogP contribution in [0.1, 0.15) is 30.5 Å². The van der Waals surface area contributed by atoms with Crippen LogP contribution in [0.2, 0.25) is 0 Å². The van der Waals surface area contributed by atoms with Crippen molar-refractivity contribution in [1.82, 2.24) is 9.91 Å². The summed E-state index contributed by atoms with van der Waals surface area (Å²) in [6.07, 6.45) is 0.491. The zero-order valence-corrected chi connectivity index (χ0v) is 18.4. The third-order valence-electron chi connectivity index (χ3n) is 5.29. The van der Waals surface area contributed by atoms with Crippen LogP contribution in [0.4, 0.5) is 0 Å². The van der Waals surface area contributed by atoms with Gasteiger partial charge in [0.15, 0.2) is 0 Å². The van der Waals surface area contributed by atoms with Crippen LogP contribution in [0, 0.1) is 0 Å². The monoisotopic (exact) mass is 425 g/mol. The average Bonchev–Trinajstić information content (AvgIpc) is 3.24. The van der Waals surface area contributed by atoms with Crippen molar-refractivity contribution in [1.29, 1.82) is 0 Å². The molecule has 1 atom stereocenters. The Kier molecular flexibility index (Phi) is 6.79. The molecular formula is C23H27N3O5. The van der Waals surface area contributed by atoms with Gasteiger partial charge in [-0.2, -0.15) is 5.10 Å². The van der Waals surface area contributed by atoms with E-state index in [9.17, 15) is 9.59 Å². The van der Waals surface area contributed by atoms with Crippen LogP contribution in [-0.2, 0) is 9.59 Å². The molecule has 1 unspecified atom stereocenters. The molecule has 0 saturated heterocycles. The molecule has 1 aliphatic heterocycles. The fourth-order valence-corrected chi connectivity index (χ4v) is 3.43. The zero-order valence-electron chi connectivity index (χ0n) is 18.4. The largest absolute Gasteiger partial charge is 0.497 e. The summed E-state index contributed by atoms with van der Waals surface area (Å²) in [6, 6.07) is 12.6. The molecular weight excluding hydrogens is 398 g/mol. The first-order valence-electron chi connectivity index (χ1n) is 9.85. The number of methoxy groups -OCH3 is 3. The highest BCUT2D eigenvalue weighted by atomic mass is 16.5. The number of carbonyl (C=O) groups is 2. The minimum absolute atomic E-state index is 0.0719. The van der Waals surface area contributed by atoms with Crippen LogP contribution in [0.5, 0.6) is 17.2 Å². The summed E-state index contributed by atoms with van der Waals surface area (Å²) in [6.45, 7) is 1.35. The Morgan fingerprint density at radius 3 is 2.26 bits per heavy atom. The number of amides is 2. The molecule has 2 aromatic rings. The van der Waals surface area contributed by atoms with Gasteiger partial charge < -0.3 is 19.1 Å². The fraction of sp³-hybridized carbons (Fsp3) is 0.348. The number of carbonyl (C=O) groups excluding carboxylic acids is 2. The Hall–Kier alpha value is -3.55. The first-order valence-corrected chi connectivity index (χ1v) is 9.85. The molecule has 0 aliphatic carbocycles. The number of rotatable bonds is 7. The highest BCUT2D eigenvalue weighted by molar-refractivity contribution is 6.03. The Morgan fingerprint density at radius 2 is 1.68 bits per heavy atom. The highest BCUT2D eigenvalue weighted by Gasteiger charge is 2.35. The molecule has 2 aromatic carbocycles. The van der Waals surface area contributed by atoms with Crippen molar-refractivity contribution in [3.63, 3.8) is 0 Å². The normalized spacial score (nSPS) is 15.3. The molecule has 0 radical (unpaired) electrons. The summed E-state index contributed by atoms with van der Waals surface area (Å²) in [5.74, 6) is 1.56. The van der Waals surface area contributed by atoms with Gasteiger partial charge in [-0.25, -0.2) is 5.01 Å². The molecule has 0 bridgehead atoms. The van der Waals surface area contributed by atoms with Crippen LogP contribution >= 0.6 is 0 Å². The summed E-state index contributed by atoms with van der Waals surface area (Å²) in [7, 11) is 6.37. The second-order valence-corrected chi connectivity index (χ2v) is 7.22. The van der Waals surface area contributed by atoms with Crippen LogP contribution in [0.15, 0.2) is 47.6 Å². The third-order valence-corrected chi connectivity index (χ3v) is 5.29. The van der Waals surface area contributed by atoms with Gasteiger partial charge in [0.25, 0.3) is 5.91 Å². The van der Waals surface area contributed by atoms with Gasteiger partial charge in [-0.15, -0.1) is 0 Å². The maximum absolute atomic E-state index is 13.1. The van der Waals surface area contributed by atoms with E-state index in [-0.39, 0.29) is 18.4 Å². The molecule has 0 aromatic heterocycles. The number of benzene rings is 2. The van der Waals surface area contributed by atoms with Crippen molar-refractivity contribution < 1.29 is 23.8 Å². The Balaban J connectivity index is 2.00. The van der Waals surface area contributed by atoms with Crippen molar-refractivity contribution in [3.8, 4) is 17.2 Å². The standard InChI is InChI=1S/C23H27N3O5/c1-15(27)25(2)14-23(28)26-21(19-12-18(30-4)10-11-22(19)31-5)13-20(24-26)16-6-8-17(29-3)9-7-16/h6-12,21H,13-14H2,1-5H3. The number of hydrogen-bond donors (Lipinski definition) is 0. The second kappa shape index (κ2) is 9.51. The van der Waals surface area contributed by atoms with Crippen LogP contribution in [0.25, 0.3) is 0 Å². The summed E-state index contributed by atoms with van der Waals surface area (Å²) >= 11 is 0. The SMILES string of the molecule is COc1ccc(C2=NN(C(=O)CN(C)C(C)=O)C(c3cc(OC)ccc3OC)C2)cc1. The van der Waals surface area contributed by atoms with E-state index in [0.717, 1.165) is 22.6 Å². The summed E-state index contributed by atoms with van der Waals surface area (Å²) in [5.41, 5.74) is 2.44. The van der Waals surface area contributed by atoms with Crippen molar-refractivity contribution >= 4 is 17.5 Å². The predicted molar refractivity (Wildman–Crippen MR) is 117 cm³/mol. The van der Waals surface area contributed by atoms with Crippen molar-refractivity contribution in [2.75, 3.05) is 34.9 Å². The number of ether oxygens (including phenoxy) is 3. The van der Waals surface area contributed by atoms with Gasteiger partial charge in [0.1, 0.15) is 23.8 Å². The smallest absolute Gasteiger partial charge is 0.262 e. The number of hydrazone groups is 1. The molecule has 164 valence electrons. The average molecular weight is 425 g/mol. The van der Waals surface area contributed by atoms with E-state index in [2.05, 4.69) is 5.10 Å². The lowest BCUT2D eigenvalue weighted by molar-refractivity contribution is -0.139. The molecule has 8 nitrogen and oxygen atoms in total.